The average molecular weight is 238 g/mol. The van der Waals surface area contributed by atoms with Crippen LogP contribution in [-0.4, -0.2) is 48.8 Å². The molecule has 3 aliphatic rings. The summed E-state index contributed by atoms with van der Waals surface area (Å²) in [6, 6.07) is 2.29. The van der Waals surface area contributed by atoms with Gasteiger partial charge in [-0.1, -0.05) is 0 Å². The second-order valence-electron chi connectivity index (χ2n) is 6.01. The van der Waals surface area contributed by atoms with E-state index in [1.165, 1.54) is 45.1 Å². The molecular formula is C14H26N2O. The molecule has 0 spiro atoms. The Labute approximate surface area is 105 Å². The van der Waals surface area contributed by atoms with Crippen molar-refractivity contribution in [3.63, 3.8) is 0 Å². The molecular weight excluding hydrogens is 212 g/mol. The number of ether oxygens (including phenoxy) is 1. The standard InChI is InChI=1S/C14H26N2O/c1-11(7-8-15-12-5-6-12)16-9-10-17-14-4-2-3-13(14)16/h11-15H,2-10H2,1H3. The number of morpholine rings is 1. The molecule has 3 unspecified atom stereocenters. The minimum atomic E-state index is 0.544. The van der Waals surface area contributed by atoms with Gasteiger partial charge in [0.1, 0.15) is 0 Å². The Morgan fingerprint density at radius 1 is 1.29 bits per heavy atom. The average Bonchev–Trinajstić information content (AvgIpc) is 3.04. The summed E-state index contributed by atoms with van der Waals surface area (Å²) in [5.41, 5.74) is 0. The maximum atomic E-state index is 5.88. The van der Waals surface area contributed by atoms with Crippen LogP contribution in [0.2, 0.25) is 0 Å². The minimum absolute atomic E-state index is 0.544. The molecule has 0 radical (unpaired) electrons. The number of fused-ring (bicyclic) bond motifs is 1. The second-order valence-corrected chi connectivity index (χ2v) is 6.01. The van der Waals surface area contributed by atoms with Crippen LogP contribution in [0.15, 0.2) is 0 Å². The Morgan fingerprint density at radius 2 is 2.18 bits per heavy atom. The minimum Gasteiger partial charge on any atom is -0.375 e. The van der Waals surface area contributed by atoms with Crippen LogP contribution < -0.4 is 5.32 Å². The van der Waals surface area contributed by atoms with Gasteiger partial charge in [-0.2, -0.15) is 0 Å². The molecule has 0 amide bonds. The summed E-state index contributed by atoms with van der Waals surface area (Å²) in [4.78, 5) is 2.72. The lowest BCUT2D eigenvalue weighted by molar-refractivity contribution is -0.0700. The fraction of sp³-hybridized carbons (Fsp3) is 1.00. The van der Waals surface area contributed by atoms with Crippen molar-refractivity contribution in [2.45, 2.75) is 69.7 Å². The molecule has 3 atom stereocenters. The predicted molar refractivity (Wildman–Crippen MR) is 69.2 cm³/mol. The van der Waals surface area contributed by atoms with Crippen LogP contribution in [0, 0.1) is 0 Å². The van der Waals surface area contributed by atoms with E-state index in [0.29, 0.717) is 6.10 Å². The van der Waals surface area contributed by atoms with Gasteiger partial charge < -0.3 is 10.1 Å². The van der Waals surface area contributed by atoms with Gasteiger partial charge in [0.2, 0.25) is 0 Å². The summed E-state index contributed by atoms with van der Waals surface area (Å²) < 4.78 is 5.88. The molecule has 0 bridgehead atoms. The van der Waals surface area contributed by atoms with E-state index >= 15 is 0 Å². The smallest absolute Gasteiger partial charge is 0.0731 e. The first-order chi connectivity index (χ1) is 8.34. The third-order valence-electron chi connectivity index (χ3n) is 4.66. The summed E-state index contributed by atoms with van der Waals surface area (Å²) in [6.07, 6.45) is 8.63. The molecule has 0 aromatic rings. The van der Waals surface area contributed by atoms with E-state index in [0.717, 1.165) is 31.3 Å². The van der Waals surface area contributed by atoms with E-state index < -0.39 is 0 Å². The number of hydrogen-bond acceptors (Lipinski definition) is 3. The quantitative estimate of drug-likeness (QED) is 0.790. The van der Waals surface area contributed by atoms with Crippen molar-refractivity contribution in [3.8, 4) is 0 Å². The molecule has 3 rings (SSSR count). The first-order valence-electron chi connectivity index (χ1n) is 7.45. The number of rotatable bonds is 5. The van der Waals surface area contributed by atoms with Gasteiger partial charge in [-0.15, -0.1) is 0 Å². The third kappa shape index (κ3) is 2.83. The molecule has 2 saturated carbocycles. The number of nitrogens with one attached hydrogen (secondary N) is 1. The SMILES string of the molecule is CC(CCNC1CC1)N1CCOC2CCCC21. The first kappa shape index (κ1) is 11.9. The Morgan fingerprint density at radius 3 is 3.00 bits per heavy atom. The second kappa shape index (κ2) is 5.25. The molecule has 1 aliphatic heterocycles. The molecule has 3 fully saturated rings. The lowest BCUT2D eigenvalue weighted by Gasteiger charge is -2.41. The zero-order chi connectivity index (χ0) is 11.7. The summed E-state index contributed by atoms with van der Waals surface area (Å²) >= 11 is 0. The maximum Gasteiger partial charge on any atom is 0.0731 e. The lowest BCUT2D eigenvalue weighted by Crippen LogP contribution is -2.52. The van der Waals surface area contributed by atoms with Gasteiger partial charge in [-0.25, -0.2) is 0 Å². The molecule has 98 valence electrons. The first-order valence-corrected chi connectivity index (χ1v) is 7.45. The summed E-state index contributed by atoms with van der Waals surface area (Å²) in [5.74, 6) is 0. The van der Waals surface area contributed by atoms with Gasteiger partial charge in [-0.05, 0) is 52.0 Å². The van der Waals surface area contributed by atoms with Gasteiger partial charge in [0.05, 0.1) is 12.7 Å². The summed E-state index contributed by atoms with van der Waals surface area (Å²) in [7, 11) is 0. The Balaban J connectivity index is 1.47. The van der Waals surface area contributed by atoms with E-state index in [1.54, 1.807) is 0 Å². The van der Waals surface area contributed by atoms with Crippen LogP contribution in [0.25, 0.3) is 0 Å². The maximum absolute atomic E-state index is 5.88. The van der Waals surface area contributed by atoms with Crippen molar-refractivity contribution in [1.29, 1.82) is 0 Å². The molecule has 0 aromatic carbocycles. The molecule has 3 nitrogen and oxygen atoms in total. The monoisotopic (exact) mass is 238 g/mol. The van der Waals surface area contributed by atoms with E-state index in [4.69, 9.17) is 4.74 Å². The van der Waals surface area contributed by atoms with Gasteiger partial charge >= 0.3 is 0 Å². The largest absolute Gasteiger partial charge is 0.375 e. The molecule has 1 N–H and O–H groups in total. The molecule has 1 saturated heterocycles. The van der Waals surface area contributed by atoms with E-state index in [2.05, 4.69) is 17.1 Å². The normalized spacial score (nSPS) is 35.8. The van der Waals surface area contributed by atoms with Crippen molar-refractivity contribution in [3.05, 3.63) is 0 Å². The fourth-order valence-corrected chi connectivity index (χ4v) is 3.45. The zero-order valence-corrected chi connectivity index (χ0v) is 11.0. The van der Waals surface area contributed by atoms with Crippen LogP contribution in [0.1, 0.15) is 45.4 Å². The van der Waals surface area contributed by atoms with E-state index in [-0.39, 0.29) is 0 Å². The Kier molecular flexibility index (Phi) is 3.69. The van der Waals surface area contributed by atoms with Gasteiger partial charge in [-0.3, -0.25) is 4.90 Å². The predicted octanol–water partition coefficient (Wildman–Crippen LogP) is 1.77. The van der Waals surface area contributed by atoms with Gasteiger partial charge in [0.25, 0.3) is 0 Å². The topological polar surface area (TPSA) is 24.5 Å². The molecule has 17 heavy (non-hydrogen) atoms. The Hall–Kier alpha value is -0.120. The number of nitrogens with zero attached hydrogens (tertiary/aromatic N) is 1. The lowest BCUT2D eigenvalue weighted by atomic mass is 10.1. The van der Waals surface area contributed by atoms with Crippen LogP contribution >= 0.6 is 0 Å². The fourth-order valence-electron chi connectivity index (χ4n) is 3.45. The highest BCUT2D eigenvalue weighted by atomic mass is 16.5. The van der Waals surface area contributed by atoms with Crippen LogP contribution in [0.3, 0.4) is 0 Å². The zero-order valence-electron chi connectivity index (χ0n) is 11.0. The van der Waals surface area contributed by atoms with Crippen molar-refractivity contribution >= 4 is 0 Å². The third-order valence-corrected chi connectivity index (χ3v) is 4.66. The molecule has 2 aliphatic carbocycles. The molecule has 3 heteroatoms. The highest BCUT2D eigenvalue weighted by Crippen LogP contribution is 2.31. The summed E-state index contributed by atoms with van der Waals surface area (Å²) in [5, 5.41) is 3.63. The highest BCUT2D eigenvalue weighted by Gasteiger charge is 2.37. The summed E-state index contributed by atoms with van der Waals surface area (Å²) in [6.45, 7) is 5.68. The van der Waals surface area contributed by atoms with Crippen molar-refractivity contribution in [2.75, 3.05) is 19.7 Å². The van der Waals surface area contributed by atoms with Crippen LogP contribution in [-0.2, 0) is 4.74 Å². The number of hydrogen-bond donors (Lipinski definition) is 1. The van der Waals surface area contributed by atoms with E-state index in [1.807, 2.05) is 0 Å². The molecule has 1 heterocycles. The van der Waals surface area contributed by atoms with Crippen molar-refractivity contribution < 1.29 is 4.74 Å². The van der Waals surface area contributed by atoms with Crippen molar-refractivity contribution in [2.24, 2.45) is 0 Å². The van der Waals surface area contributed by atoms with Crippen LogP contribution in [0.5, 0.6) is 0 Å². The van der Waals surface area contributed by atoms with Gasteiger partial charge in [0, 0.05) is 24.7 Å². The Bertz CT molecular complexity index is 255. The molecule has 0 aromatic heterocycles. The van der Waals surface area contributed by atoms with Crippen molar-refractivity contribution in [1.82, 2.24) is 10.2 Å². The van der Waals surface area contributed by atoms with Crippen LogP contribution in [0.4, 0.5) is 0 Å². The highest BCUT2D eigenvalue weighted by molar-refractivity contribution is 4.91. The van der Waals surface area contributed by atoms with Gasteiger partial charge in [0.15, 0.2) is 0 Å². The van der Waals surface area contributed by atoms with E-state index in [9.17, 15) is 0 Å².